The summed E-state index contributed by atoms with van der Waals surface area (Å²) in [5.74, 6) is 0.573. The van der Waals surface area contributed by atoms with E-state index < -0.39 is 0 Å². The quantitative estimate of drug-likeness (QED) is 0.193. The summed E-state index contributed by atoms with van der Waals surface area (Å²) < 4.78 is 18.6. The van der Waals surface area contributed by atoms with Crippen LogP contribution in [0.5, 0.6) is 11.5 Å². The van der Waals surface area contributed by atoms with Crippen molar-refractivity contribution in [2.24, 2.45) is 5.92 Å². The third-order valence-electron chi connectivity index (χ3n) is 9.08. The third kappa shape index (κ3) is 3.20. The number of imide groups is 1. The number of fused-ring (bicyclic) bond motifs is 1. The molecule has 0 N–H and O–H groups in total. The highest BCUT2D eigenvalue weighted by atomic mass is 16.6. The molecule has 8 nitrogen and oxygen atoms in total. The second-order valence-corrected chi connectivity index (χ2v) is 11.0. The average Bonchev–Trinajstić information content (AvgIpc) is 3.38. The number of hydrogen-bond donors (Lipinski definition) is 0. The van der Waals surface area contributed by atoms with Crippen LogP contribution >= 0.6 is 0 Å². The van der Waals surface area contributed by atoms with Gasteiger partial charge in [0, 0.05) is 43.0 Å². The van der Waals surface area contributed by atoms with Gasteiger partial charge in [-0.05, 0) is 56.6 Å². The fraction of sp³-hybridized carbons (Fsp3) is 0.433. The summed E-state index contributed by atoms with van der Waals surface area (Å²) in [5, 5.41) is 0. The molecule has 2 aromatic rings. The predicted molar refractivity (Wildman–Crippen MR) is 137 cm³/mol. The standard InChI is InChI=1S/C30H30N2O6/c1-17(33)37-23-10-8-18-16-22-21-9-11-24(27-30(21,12-14-31(22)2)25(18)26(23)38-27)36-15-5-13-32-28(34)19-6-3-4-7-20(19)29(32)35/h3-4,6-11,21-22,24,27H,5,12-16H2,1-2H3/t21-,22+,24-,27-,30-/m0/s1. The zero-order valence-electron chi connectivity index (χ0n) is 21.5. The van der Waals surface area contributed by atoms with Crippen LogP contribution < -0.4 is 9.47 Å². The van der Waals surface area contributed by atoms with E-state index in [4.69, 9.17) is 14.2 Å². The van der Waals surface area contributed by atoms with Gasteiger partial charge in [-0.15, -0.1) is 0 Å². The fourth-order valence-electron chi connectivity index (χ4n) is 7.47. The van der Waals surface area contributed by atoms with Crippen molar-refractivity contribution in [3.05, 3.63) is 70.8 Å². The number of benzene rings is 2. The van der Waals surface area contributed by atoms with Gasteiger partial charge in [-0.2, -0.15) is 0 Å². The molecule has 5 aliphatic rings. The molecule has 38 heavy (non-hydrogen) atoms. The molecule has 2 aromatic carbocycles. The van der Waals surface area contributed by atoms with Gasteiger partial charge in [0.15, 0.2) is 11.5 Å². The van der Waals surface area contributed by atoms with E-state index in [1.165, 1.54) is 23.0 Å². The Morgan fingerprint density at radius 3 is 2.61 bits per heavy atom. The number of nitrogens with zero attached hydrogens (tertiary/aromatic N) is 2. The monoisotopic (exact) mass is 514 g/mol. The van der Waals surface area contributed by atoms with Crippen molar-refractivity contribution in [3.63, 3.8) is 0 Å². The number of likely N-dealkylation sites (tertiary alicyclic amines) is 1. The second kappa shape index (κ2) is 8.51. The van der Waals surface area contributed by atoms with Crippen LogP contribution in [0.15, 0.2) is 48.6 Å². The minimum absolute atomic E-state index is 0.237. The Morgan fingerprint density at radius 1 is 1.11 bits per heavy atom. The number of hydrogen-bond acceptors (Lipinski definition) is 7. The van der Waals surface area contributed by atoms with Gasteiger partial charge in [-0.3, -0.25) is 19.3 Å². The molecule has 3 aliphatic heterocycles. The summed E-state index contributed by atoms with van der Waals surface area (Å²) in [7, 11) is 2.19. The van der Waals surface area contributed by atoms with E-state index in [1.54, 1.807) is 24.3 Å². The zero-order chi connectivity index (χ0) is 26.2. The lowest BCUT2D eigenvalue weighted by Gasteiger charge is -2.56. The van der Waals surface area contributed by atoms with Crippen LogP contribution in [0.2, 0.25) is 0 Å². The Labute approximate surface area is 221 Å². The van der Waals surface area contributed by atoms with E-state index in [9.17, 15) is 14.4 Å². The maximum absolute atomic E-state index is 12.7. The van der Waals surface area contributed by atoms with Crippen LogP contribution in [0.4, 0.5) is 0 Å². The molecule has 2 bridgehead atoms. The van der Waals surface area contributed by atoms with Crippen LogP contribution in [0.1, 0.15) is 51.6 Å². The summed E-state index contributed by atoms with van der Waals surface area (Å²) in [6.07, 6.45) is 6.27. The highest BCUT2D eigenvalue weighted by Gasteiger charge is 2.64. The Hall–Kier alpha value is -3.49. The molecular formula is C30H30N2O6. The first-order valence-electron chi connectivity index (χ1n) is 13.4. The maximum atomic E-state index is 12.7. The second-order valence-electron chi connectivity index (χ2n) is 11.0. The van der Waals surface area contributed by atoms with Crippen molar-refractivity contribution in [3.8, 4) is 11.5 Å². The van der Waals surface area contributed by atoms with Crippen molar-refractivity contribution in [2.75, 3.05) is 26.7 Å². The predicted octanol–water partition coefficient (Wildman–Crippen LogP) is 3.13. The van der Waals surface area contributed by atoms with E-state index in [2.05, 4.69) is 30.2 Å². The molecule has 1 fully saturated rings. The van der Waals surface area contributed by atoms with Crippen molar-refractivity contribution in [1.29, 1.82) is 0 Å². The smallest absolute Gasteiger partial charge is 0.308 e. The Morgan fingerprint density at radius 2 is 1.87 bits per heavy atom. The molecule has 2 amide bonds. The summed E-state index contributed by atoms with van der Waals surface area (Å²) in [6, 6.07) is 11.3. The van der Waals surface area contributed by atoms with Crippen LogP contribution in [-0.2, 0) is 21.4 Å². The molecule has 0 aromatic heterocycles. The van der Waals surface area contributed by atoms with E-state index in [0.29, 0.717) is 48.2 Å². The Bertz CT molecular complexity index is 1370. The molecule has 0 unspecified atom stereocenters. The topological polar surface area (TPSA) is 85.4 Å². The lowest BCUT2D eigenvalue weighted by atomic mass is 9.53. The van der Waals surface area contributed by atoms with Crippen LogP contribution in [0.3, 0.4) is 0 Å². The number of amides is 2. The number of piperidine rings is 1. The maximum Gasteiger partial charge on any atom is 0.308 e. The first-order chi connectivity index (χ1) is 18.4. The molecule has 0 radical (unpaired) electrons. The molecular weight excluding hydrogens is 484 g/mol. The van der Waals surface area contributed by atoms with Gasteiger partial charge in [0.1, 0.15) is 12.2 Å². The average molecular weight is 515 g/mol. The molecule has 1 saturated heterocycles. The van der Waals surface area contributed by atoms with Crippen molar-refractivity contribution >= 4 is 17.8 Å². The molecule has 196 valence electrons. The highest BCUT2D eigenvalue weighted by molar-refractivity contribution is 6.21. The van der Waals surface area contributed by atoms with E-state index in [-0.39, 0.29) is 41.3 Å². The van der Waals surface area contributed by atoms with Crippen LogP contribution in [-0.4, -0.2) is 72.6 Å². The molecule has 0 saturated carbocycles. The first kappa shape index (κ1) is 23.6. The summed E-state index contributed by atoms with van der Waals surface area (Å²) >= 11 is 0. The number of carbonyl (C=O) groups excluding carboxylic acids is 3. The largest absolute Gasteiger partial charge is 0.482 e. The zero-order valence-corrected chi connectivity index (χ0v) is 21.5. The summed E-state index contributed by atoms with van der Waals surface area (Å²) in [5.41, 5.74) is 3.12. The van der Waals surface area contributed by atoms with Gasteiger partial charge < -0.3 is 19.1 Å². The van der Waals surface area contributed by atoms with Crippen LogP contribution in [0, 0.1) is 5.92 Å². The van der Waals surface area contributed by atoms with Crippen LogP contribution in [0.25, 0.3) is 0 Å². The van der Waals surface area contributed by atoms with Gasteiger partial charge in [-0.1, -0.05) is 30.4 Å². The van der Waals surface area contributed by atoms with Gasteiger partial charge in [0.25, 0.3) is 11.8 Å². The normalized spacial score (nSPS) is 30.2. The first-order valence-corrected chi connectivity index (χ1v) is 13.4. The molecule has 7 rings (SSSR count). The van der Waals surface area contributed by atoms with E-state index >= 15 is 0 Å². The SMILES string of the molecule is CC(=O)Oc1ccc2c3c1O[C@H]1[C@@H](OCCCN4C(=O)c5ccccc5C4=O)C=C[C@H]4[C@@H](C2)N(C)CC[C@@]341. The van der Waals surface area contributed by atoms with Gasteiger partial charge in [0.05, 0.1) is 11.1 Å². The Balaban J connectivity index is 1.12. The minimum Gasteiger partial charge on any atom is -0.482 e. The number of rotatable bonds is 6. The number of likely N-dealkylation sites (N-methyl/N-ethyl adjacent to an activating group) is 1. The summed E-state index contributed by atoms with van der Waals surface area (Å²) in [4.78, 5) is 41.0. The molecule has 8 heteroatoms. The van der Waals surface area contributed by atoms with Crippen molar-refractivity contribution < 1.29 is 28.6 Å². The molecule has 2 aliphatic carbocycles. The van der Waals surface area contributed by atoms with Crippen molar-refractivity contribution in [1.82, 2.24) is 9.80 Å². The van der Waals surface area contributed by atoms with Gasteiger partial charge in [0.2, 0.25) is 0 Å². The molecule has 3 heterocycles. The molecule has 5 atom stereocenters. The Kier molecular flexibility index (Phi) is 5.29. The van der Waals surface area contributed by atoms with E-state index in [1.807, 2.05) is 6.07 Å². The third-order valence-corrected chi connectivity index (χ3v) is 9.08. The lowest BCUT2D eigenvalue weighted by molar-refractivity contribution is -0.132. The van der Waals surface area contributed by atoms with Gasteiger partial charge >= 0.3 is 5.97 Å². The summed E-state index contributed by atoms with van der Waals surface area (Å²) in [6.45, 7) is 3.04. The fourth-order valence-corrected chi connectivity index (χ4v) is 7.47. The van der Waals surface area contributed by atoms with E-state index in [0.717, 1.165) is 19.4 Å². The molecule has 1 spiro atoms. The van der Waals surface area contributed by atoms with Gasteiger partial charge in [-0.25, -0.2) is 0 Å². The number of carbonyl (C=O) groups is 3. The number of esters is 1. The lowest BCUT2D eigenvalue weighted by Crippen LogP contribution is -2.65. The highest BCUT2D eigenvalue weighted by Crippen LogP contribution is 2.62. The van der Waals surface area contributed by atoms with Crippen molar-refractivity contribution in [2.45, 2.75) is 49.9 Å². The number of ether oxygens (including phenoxy) is 3. The minimum atomic E-state index is -0.370.